The van der Waals surface area contributed by atoms with Crippen molar-refractivity contribution in [3.8, 4) is 0 Å². The van der Waals surface area contributed by atoms with Gasteiger partial charge in [-0.15, -0.1) is 0 Å². The topological polar surface area (TPSA) is 47.6 Å². The van der Waals surface area contributed by atoms with E-state index in [1.54, 1.807) is 7.05 Å². The van der Waals surface area contributed by atoms with Crippen LogP contribution in [0.15, 0.2) is 24.3 Å². The number of amides is 1. The third kappa shape index (κ3) is 3.30. The van der Waals surface area contributed by atoms with Gasteiger partial charge in [0.05, 0.1) is 11.2 Å². The molecule has 4 nitrogen and oxygen atoms in total. The number of benzene rings is 1. The lowest BCUT2D eigenvalue weighted by Crippen LogP contribution is -2.41. The van der Waals surface area contributed by atoms with Gasteiger partial charge in [0.2, 0.25) is 5.91 Å². The van der Waals surface area contributed by atoms with E-state index in [9.17, 15) is 4.79 Å². The van der Waals surface area contributed by atoms with E-state index in [1.807, 2.05) is 52.0 Å². The van der Waals surface area contributed by atoms with Crippen molar-refractivity contribution in [2.45, 2.75) is 51.7 Å². The van der Waals surface area contributed by atoms with E-state index in [-0.39, 0.29) is 24.2 Å². The Hall–Kier alpha value is -1.33. The summed E-state index contributed by atoms with van der Waals surface area (Å²) in [5.41, 5.74) is 1.40. The molecule has 1 aliphatic heterocycles. The van der Waals surface area contributed by atoms with Crippen LogP contribution in [0.2, 0.25) is 0 Å². The molecule has 1 heterocycles. The molecule has 0 radical (unpaired) electrons. The first-order valence-corrected chi connectivity index (χ1v) is 7.41. The van der Waals surface area contributed by atoms with Crippen LogP contribution in [0.1, 0.15) is 39.7 Å². The quantitative estimate of drug-likeness (QED) is 0.858. The van der Waals surface area contributed by atoms with Crippen molar-refractivity contribution in [2.24, 2.45) is 0 Å². The van der Waals surface area contributed by atoms with E-state index in [0.29, 0.717) is 12.8 Å². The maximum atomic E-state index is 11.5. The number of aryl methyl sites for hydroxylation is 1. The Morgan fingerprint density at radius 2 is 1.71 bits per heavy atom. The lowest BCUT2D eigenvalue weighted by molar-refractivity contribution is -0.120. The minimum Gasteiger partial charge on any atom is -0.399 e. The molecule has 114 valence electrons. The number of hydrogen-bond donors (Lipinski definition) is 1. The molecule has 1 saturated heterocycles. The molecular formula is C16H24BNO3. The fraction of sp³-hybridized carbons (Fsp3) is 0.562. The average Bonchev–Trinajstić information content (AvgIpc) is 2.65. The molecule has 1 aromatic carbocycles. The van der Waals surface area contributed by atoms with Crippen molar-refractivity contribution in [3.63, 3.8) is 0 Å². The fourth-order valence-corrected chi connectivity index (χ4v) is 2.34. The molecule has 0 saturated carbocycles. The van der Waals surface area contributed by atoms with Gasteiger partial charge in [0.15, 0.2) is 0 Å². The minimum absolute atomic E-state index is 0.0405. The molecular weight excluding hydrogens is 265 g/mol. The van der Waals surface area contributed by atoms with Crippen LogP contribution in [0, 0.1) is 0 Å². The van der Waals surface area contributed by atoms with Crippen LogP contribution in [-0.4, -0.2) is 31.3 Å². The van der Waals surface area contributed by atoms with Gasteiger partial charge < -0.3 is 14.6 Å². The van der Waals surface area contributed by atoms with Crippen molar-refractivity contribution < 1.29 is 14.1 Å². The molecule has 5 heteroatoms. The van der Waals surface area contributed by atoms with E-state index in [4.69, 9.17) is 9.31 Å². The van der Waals surface area contributed by atoms with E-state index in [0.717, 1.165) is 11.0 Å². The number of carbonyl (C=O) groups excluding carboxylic acids is 1. The number of carbonyl (C=O) groups is 1. The molecule has 2 rings (SSSR count). The summed E-state index contributed by atoms with van der Waals surface area (Å²) in [5, 5.41) is 2.65. The highest BCUT2D eigenvalue weighted by Crippen LogP contribution is 2.36. The lowest BCUT2D eigenvalue weighted by Gasteiger charge is -2.32. The van der Waals surface area contributed by atoms with Gasteiger partial charge in [-0.25, -0.2) is 0 Å². The van der Waals surface area contributed by atoms with Crippen molar-refractivity contribution in [3.05, 3.63) is 29.8 Å². The first kappa shape index (κ1) is 16.1. The highest BCUT2D eigenvalue weighted by molar-refractivity contribution is 6.62. The summed E-state index contributed by atoms with van der Waals surface area (Å²) < 4.78 is 12.2. The highest BCUT2D eigenvalue weighted by atomic mass is 16.7. The normalized spacial score (nSPS) is 19.6. The molecule has 21 heavy (non-hydrogen) atoms. The Balaban J connectivity index is 2.20. The van der Waals surface area contributed by atoms with E-state index >= 15 is 0 Å². The third-order valence-electron chi connectivity index (χ3n) is 4.46. The molecule has 1 amide bonds. The molecule has 0 atom stereocenters. The minimum atomic E-state index is -0.379. The fourth-order valence-electron chi connectivity index (χ4n) is 2.34. The van der Waals surface area contributed by atoms with Gasteiger partial charge in [-0.1, -0.05) is 24.3 Å². The van der Waals surface area contributed by atoms with Gasteiger partial charge in [-0.05, 0) is 45.1 Å². The van der Waals surface area contributed by atoms with Crippen LogP contribution in [-0.2, 0) is 20.5 Å². The maximum absolute atomic E-state index is 11.5. The Labute approximate surface area is 127 Å². The zero-order valence-electron chi connectivity index (χ0n) is 13.5. The third-order valence-corrected chi connectivity index (χ3v) is 4.46. The predicted molar refractivity (Wildman–Crippen MR) is 84.5 cm³/mol. The van der Waals surface area contributed by atoms with Crippen molar-refractivity contribution in [2.75, 3.05) is 7.05 Å². The molecule has 0 unspecified atom stereocenters. The van der Waals surface area contributed by atoms with Crippen LogP contribution < -0.4 is 10.8 Å². The first-order chi connectivity index (χ1) is 9.77. The monoisotopic (exact) mass is 289 g/mol. The molecule has 1 aliphatic rings. The lowest BCUT2D eigenvalue weighted by atomic mass is 9.75. The Morgan fingerprint density at radius 1 is 1.14 bits per heavy atom. The summed E-state index contributed by atoms with van der Waals surface area (Å²) in [5.74, 6) is 0.0405. The summed E-state index contributed by atoms with van der Waals surface area (Å²) >= 11 is 0. The smallest absolute Gasteiger partial charge is 0.399 e. The van der Waals surface area contributed by atoms with Gasteiger partial charge in [0, 0.05) is 13.5 Å². The Morgan fingerprint density at radius 3 is 2.29 bits per heavy atom. The van der Waals surface area contributed by atoms with Crippen molar-refractivity contribution >= 4 is 18.5 Å². The van der Waals surface area contributed by atoms with Gasteiger partial charge in [-0.3, -0.25) is 4.79 Å². The zero-order chi connectivity index (χ0) is 15.7. The second-order valence-electron chi connectivity index (χ2n) is 6.46. The van der Waals surface area contributed by atoms with Crippen molar-refractivity contribution in [1.29, 1.82) is 0 Å². The summed E-state index contributed by atoms with van der Waals surface area (Å²) in [6.45, 7) is 8.17. The standard InChI is InChI=1S/C16H24BNO3/c1-15(2)16(3,4)21-17(20-15)13-9-7-6-8-12(13)10-11-14(19)18-5/h6-9H,10-11H2,1-5H3,(H,18,19). The molecule has 0 aromatic heterocycles. The van der Waals surface area contributed by atoms with Crippen LogP contribution in [0.3, 0.4) is 0 Å². The van der Waals surface area contributed by atoms with Gasteiger partial charge in [0.1, 0.15) is 0 Å². The zero-order valence-corrected chi connectivity index (χ0v) is 13.5. The maximum Gasteiger partial charge on any atom is 0.495 e. The van der Waals surface area contributed by atoms with E-state index < -0.39 is 0 Å². The molecule has 1 N–H and O–H groups in total. The second kappa shape index (κ2) is 5.81. The molecule has 1 fully saturated rings. The average molecular weight is 289 g/mol. The van der Waals surface area contributed by atoms with E-state index in [1.165, 1.54) is 0 Å². The summed E-state index contributed by atoms with van der Waals surface area (Å²) in [7, 11) is 1.28. The van der Waals surface area contributed by atoms with Gasteiger partial charge in [-0.2, -0.15) is 0 Å². The number of rotatable bonds is 4. The molecule has 1 aromatic rings. The SMILES string of the molecule is CNC(=O)CCc1ccccc1B1OC(C)(C)C(C)(C)O1. The van der Waals surface area contributed by atoms with E-state index in [2.05, 4.69) is 5.32 Å². The number of hydrogen-bond acceptors (Lipinski definition) is 3. The molecule has 0 bridgehead atoms. The van der Waals surface area contributed by atoms with Crippen molar-refractivity contribution in [1.82, 2.24) is 5.32 Å². The summed E-state index contributed by atoms with van der Waals surface area (Å²) in [6.07, 6.45) is 1.15. The highest BCUT2D eigenvalue weighted by Gasteiger charge is 2.52. The van der Waals surface area contributed by atoms with Crippen LogP contribution in [0.4, 0.5) is 0 Å². The molecule has 0 aliphatic carbocycles. The Bertz CT molecular complexity index is 512. The number of nitrogens with one attached hydrogen (secondary N) is 1. The van der Waals surface area contributed by atoms with Crippen LogP contribution in [0.5, 0.6) is 0 Å². The summed E-state index contributed by atoms with van der Waals surface area (Å²) in [4.78, 5) is 11.5. The first-order valence-electron chi connectivity index (χ1n) is 7.41. The second-order valence-corrected chi connectivity index (χ2v) is 6.46. The van der Waals surface area contributed by atoms with Crippen LogP contribution >= 0.6 is 0 Å². The van der Waals surface area contributed by atoms with Gasteiger partial charge in [0.25, 0.3) is 0 Å². The predicted octanol–water partition coefficient (Wildman–Crippen LogP) is 1.66. The Kier molecular flexibility index (Phi) is 4.44. The van der Waals surface area contributed by atoms with Gasteiger partial charge >= 0.3 is 7.12 Å². The summed E-state index contributed by atoms with van der Waals surface area (Å²) in [6, 6.07) is 8.00. The van der Waals surface area contributed by atoms with Crippen LogP contribution in [0.25, 0.3) is 0 Å². The largest absolute Gasteiger partial charge is 0.495 e. The molecule has 0 spiro atoms.